The Morgan fingerprint density at radius 2 is 1.53 bits per heavy atom. The molecule has 0 aromatic rings. The molecule has 4 atom stereocenters. The number of nitrogens with one attached hydrogen (secondary N) is 3. The first-order valence-electron chi connectivity index (χ1n) is 9.66. The van der Waals surface area contributed by atoms with Crippen LogP contribution >= 0.6 is 12.6 Å². The molecule has 14 nitrogen and oxygen atoms in total. The molecule has 0 aliphatic rings. The summed E-state index contributed by atoms with van der Waals surface area (Å²) < 4.78 is 0. The molecule has 3 amide bonds. The van der Waals surface area contributed by atoms with Crippen LogP contribution in [0.1, 0.15) is 32.6 Å². The molecule has 0 spiro atoms. The number of amides is 3. The van der Waals surface area contributed by atoms with Crippen molar-refractivity contribution in [2.24, 2.45) is 22.2 Å². The van der Waals surface area contributed by atoms with Crippen molar-refractivity contribution in [2.75, 3.05) is 12.3 Å². The number of aliphatic carboxylic acids is 2. The van der Waals surface area contributed by atoms with Crippen LogP contribution in [-0.4, -0.2) is 82.3 Å². The average molecular weight is 478 g/mol. The number of thiol groups is 1. The minimum atomic E-state index is -1.35. The molecular weight excluding hydrogens is 446 g/mol. The molecule has 0 aromatic carbocycles. The lowest BCUT2D eigenvalue weighted by Gasteiger charge is -2.23. The number of nitrogens with two attached hydrogens (primary N) is 3. The zero-order chi connectivity index (χ0) is 24.8. The summed E-state index contributed by atoms with van der Waals surface area (Å²) in [7, 11) is 0. The summed E-state index contributed by atoms with van der Waals surface area (Å²) in [6.45, 7) is 1.49. The van der Waals surface area contributed by atoms with E-state index in [4.69, 9.17) is 22.3 Å². The van der Waals surface area contributed by atoms with E-state index in [0.29, 0.717) is 0 Å². The maximum atomic E-state index is 12.6. The van der Waals surface area contributed by atoms with Crippen LogP contribution in [0.15, 0.2) is 4.99 Å². The van der Waals surface area contributed by atoms with E-state index in [1.807, 2.05) is 0 Å². The Labute approximate surface area is 190 Å². The summed E-state index contributed by atoms with van der Waals surface area (Å²) in [5, 5.41) is 25.2. The molecule has 0 saturated heterocycles. The van der Waals surface area contributed by atoms with Gasteiger partial charge >= 0.3 is 11.9 Å². The van der Waals surface area contributed by atoms with E-state index in [2.05, 4.69) is 33.6 Å². The second-order valence-electron chi connectivity index (χ2n) is 6.86. The Bertz CT molecular complexity index is 715. The molecule has 0 rings (SSSR count). The number of nitrogens with zero attached hydrogens (tertiary/aromatic N) is 1. The number of carboxylic acid groups (broad SMARTS) is 2. The Hall–Kier alpha value is -3.07. The predicted octanol–water partition coefficient (Wildman–Crippen LogP) is -3.28. The van der Waals surface area contributed by atoms with E-state index in [1.54, 1.807) is 0 Å². The summed E-state index contributed by atoms with van der Waals surface area (Å²) in [5.41, 5.74) is 15.9. The van der Waals surface area contributed by atoms with E-state index in [1.165, 1.54) is 6.92 Å². The van der Waals surface area contributed by atoms with Gasteiger partial charge in [-0.05, 0) is 26.2 Å². The molecule has 0 heterocycles. The van der Waals surface area contributed by atoms with Crippen LogP contribution in [0, 0.1) is 0 Å². The lowest BCUT2D eigenvalue weighted by Crippen LogP contribution is -2.56. The zero-order valence-corrected chi connectivity index (χ0v) is 18.5. The van der Waals surface area contributed by atoms with Crippen molar-refractivity contribution in [1.29, 1.82) is 0 Å². The Kier molecular flexibility index (Phi) is 13.4. The number of rotatable bonds is 15. The van der Waals surface area contributed by atoms with Crippen molar-refractivity contribution < 1.29 is 34.2 Å². The number of carboxylic acids is 2. The molecule has 182 valence electrons. The van der Waals surface area contributed by atoms with Crippen LogP contribution in [0.2, 0.25) is 0 Å². The van der Waals surface area contributed by atoms with Gasteiger partial charge in [-0.2, -0.15) is 12.6 Å². The van der Waals surface area contributed by atoms with E-state index >= 15 is 0 Å². The predicted molar refractivity (Wildman–Crippen MR) is 118 cm³/mol. The third-order valence-corrected chi connectivity index (χ3v) is 4.52. The molecule has 11 N–H and O–H groups in total. The van der Waals surface area contributed by atoms with Crippen molar-refractivity contribution in [3.05, 3.63) is 0 Å². The Balaban J connectivity index is 5.16. The van der Waals surface area contributed by atoms with E-state index in [9.17, 15) is 29.1 Å². The lowest BCUT2D eigenvalue weighted by molar-refractivity contribution is -0.143. The highest BCUT2D eigenvalue weighted by Crippen LogP contribution is 2.04. The van der Waals surface area contributed by atoms with Gasteiger partial charge in [0, 0.05) is 18.7 Å². The third kappa shape index (κ3) is 11.9. The zero-order valence-electron chi connectivity index (χ0n) is 17.6. The van der Waals surface area contributed by atoms with Gasteiger partial charge in [0.05, 0.1) is 6.04 Å². The van der Waals surface area contributed by atoms with Crippen molar-refractivity contribution in [3.8, 4) is 0 Å². The van der Waals surface area contributed by atoms with Crippen molar-refractivity contribution in [3.63, 3.8) is 0 Å². The maximum Gasteiger partial charge on any atom is 0.326 e. The molecule has 0 aliphatic heterocycles. The molecule has 15 heteroatoms. The fourth-order valence-corrected chi connectivity index (χ4v) is 2.50. The van der Waals surface area contributed by atoms with E-state index in [-0.39, 0.29) is 37.5 Å². The highest BCUT2D eigenvalue weighted by molar-refractivity contribution is 7.80. The average Bonchev–Trinajstić information content (AvgIpc) is 2.71. The molecule has 0 radical (unpaired) electrons. The lowest BCUT2D eigenvalue weighted by atomic mass is 10.1. The first-order chi connectivity index (χ1) is 14.9. The van der Waals surface area contributed by atoms with Crippen LogP contribution in [0.4, 0.5) is 0 Å². The fourth-order valence-electron chi connectivity index (χ4n) is 2.34. The molecule has 0 bridgehead atoms. The number of aliphatic imine (C=N–C) groups is 1. The molecule has 32 heavy (non-hydrogen) atoms. The van der Waals surface area contributed by atoms with E-state index < -0.39 is 60.2 Å². The largest absolute Gasteiger partial charge is 0.481 e. The van der Waals surface area contributed by atoms with Crippen molar-refractivity contribution in [2.45, 2.75) is 56.8 Å². The monoisotopic (exact) mass is 477 g/mol. The van der Waals surface area contributed by atoms with Gasteiger partial charge in [-0.3, -0.25) is 24.2 Å². The first kappa shape index (κ1) is 28.9. The van der Waals surface area contributed by atoms with Crippen molar-refractivity contribution in [1.82, 2.24) is 16.0 Å². The topological polar surface area (TPSA) is 252 Å². The van der Waals surface area contributed by atoms with Crippen LogP contribution in [0.25, 0.3) is 0 Å². The third-order valence-electron chi connectivity index (χ3n) is 4.13. The Morgan fingerprint density at radius 3 is 2.03 bits per heavy atom. The summed E-state index contributed by atoms with van der Waals surface area (Å²) in [6, 6.07) is -4.71. The molecular formula is C17H31N7O7S. The number of carbonyl (C=O) groups is 5. The molecule has 0 aromatic heterocycles. The van der Waals surface area contributed by atoms with E-state index in [0.717, 1.165) is 0 Å². The van der Waals surface area contributed by atoms with Gasteiger partial charge < -0.3 is 43.4 Å². The number of carbonyl (C=O) groups excluding carboxylic acids is 3. The summed E-state index contributed by atoms with van der Waals surface area (Å²) >= 11 is 3.88. The highest BCUT2D eigenvalue weighted by atomic mass is 32.1. The van der Waals surface area contributed by atoms with Gasteiger partial charge in [0.25, 0.3) is 0 Å². The van der Waals surface area contributed by atoms with Crippen LogP contribution < -0.4 is 33.2 Å². The van der Waals surface area contributed by atoms with Crippen LogP contribution in [0.5, 0.6) is 0 Å². The standard InChI is InChI=1S/C17H31N7O7S/c1-8(22-14(28)9(18)7-32)13(27)23-10(4-5-12(25)26)15(29)24-11(16(30)31)3-2-6-21-17(19)20/h8-11,32H,2-7,18H2,1H3,(H,22,28)(H,23,27)(H,24,29)(H,25,26)(H,30,31)(H4,19,20,21). The molecule has 0 saturated carbocycles. The van der Waals surface area contributed by atoms with Crippen LogP contribution in [-0.2, 0) is 24.0 Å². The smallest absolute Gasteiger partial charge is 0.326 e. The maximum absolute atomic E-state index is 12.6. The van der Waals surface area contributed by atoms with Gasteiger partial charge in [0.15, 0.2) is 5.96 Å². The number of hydrogen-bond donors (Lipinski definition) is 9. The van der Waals surface area contributed by atoms with Gasteiger partial charge in [0.2, 0.25) is 17.7 Å². The van der Waals surface area contributed by atoms with Gasteiger partial charge in [-0.25, -0.2) is 4.79 Å². The Morgan fingerprint density at radius 1 is 0.938 bits per heavy atom. The quantitative estimate of drug-likeness (QED) is 0.0492. The molecule has 0 fully saturated rings. The SMILES string of the molecule is CC(NC(=O)C(N)CS)C(=O)NC(CCC(=O)O)C(=O)NC(CCCN=C(N)N)C(=O)O. The summed E-state index contributed by atoms with van der Waals surface area (Å²) in [5.74, 6) is -4.97. The summed E-state index contributed by atoms with van der Waals surface area (Å²) in [4.78, 5) is 62.8. The normalized spacial score (nSPS) is 14.2. The molecule has 4 unspecified atom stereocenters. The minimum absolute atomic E-state index is 0.00841. The van der Waals surface area contributed by atoms with Gasteiger partial charge in [0.1, 0.15) is 18.1 Å². The number of guanidine groups is 1. The van der Waals surface area contributed by atoms with Gasteiger partial charge in [-0.1, -0.05) is 0 Å². The molecule has 0 aliphatic carbocycles. The first-order valence-corrected chi connectivity index (χ1v) is 10.3. The minimum Gasteiger partial charge on any atom is -0.481 e. The van der Waals surface area contributed by atoms with Gasteiger partial charge in [-0.15, -0.1) is 0 Å². The second-order valence-corrected chi connectivity index (χ2v) is 7.23. The number of hydrogen-bond acceptors (Lipinski definition) is 8. The van der Waals surface area contributed by atoms with Crippen LogP contribution in [0.3, 0.4) is 0 Å². The summed E-state index contributed by atoms with van der Waals surface area (Å²) in [6.07, 6.45) is -0.531. The fraction of sp³-hybridized carbons (Fsp3) is 0.647. The highest BCUT2D eigenvalue weighted by Gasteiger charge is 2.29. The van der Waals surface area contributed by atoms with Crippen molar-refractivity contribution >= 4 is 48.2 Å². The second kappa shape index (κ2) is 14.9.